The summed E-state index contributed by atoms with van der Waals surface area (Å²) in [6.45, 7) is -0.503. The molecule has 5 aromatic heterocycles. The number of aromatic amines is 2. The number of H-pyrrole nitrogens is 2. The first-order valence-corrected chi connectivity index (χ1v) is 22.8. The third kappa shape index (κ3) is 9.01. The molecule has 0 amide bonds. The number of ether oxygens (including phenoxy) is 2. The third-order valence-electron chi connectivity index (χ3n) is 12.2. The number of nitrogens with one attached hydrogen (secondary N) is 2. The SMILES string of the molecule is O=C(Cn1ccccc1=O)Oc1ccc(-c2c3nc(c(-c4ccc(O)cc4)c4ccc([nH]4)c(-c4ccc(OC(=O)Cn5ccccc5=O)cc4)c4nc(c(-c5ccc(O)cc5)c5ccc2[nH]5)C=C4)C=C3)cc1. The van der Waals surface area contributed by atoms with Gasteiger partial charge in [-0.05, 0) is 131 Å². The van der Waals surface area contributed by atoms with Crippen molar-refractivity contribution in [2.45, 2.75) is 13.1 Å². The van der Waals surface area contributed by atoms with Gasteiger partial charge in [0.15, 0.2) is 0 Å². The Hall–Kier alpha value is -10.1. The zero-order valence-electron chi connectivity index (χ0n) is 38.0. The molecule has 2 aliphatic heterocycles. The normalized spacial score (nSPS) is 11.7. The number of pyridine rings is 2. The Morgan fingerprint density at radius 3 is 1.03 bits per heavy atom. The molecule has 72 heavy (non-hydrogen) atoms. The minimum atomic E-state index is -0.600. The number of hydrogen-bond acceptors (Lipinski definition) is 10. The van der Waals surface area contributed by atoms with Gasteiger partial charge in [0.2, 0.25) is 0 Å². The summed E-state index contributed by atoms with van der Waals surface area (Å²) in [4.78, 5) is 68.4. The lowest BCUT2D eigenvalue weighted by Gasteiger charge is -2.09. The fourth-order valence-corrected chi connectivity index (χ4v) is 8.84. The second-order valence-corrected chi connectivity index (χ2v) is 16.9. The highest BCUT2D eigenvalue weighted by Gasteiger charge is 2.20. The molecule has 0 unspecified atom stereocenters. The van der Waals surface area contributed by atoms with E-state index in [0.29, 0.717) is 34.3 Å². The van der Waals surface area contributed by atoms with E-state index in [4.69, 9.17) is 19.4 Å². The number of phenols is 2. The van der Waals surface area contributed by atoms with E-state index in [1.54, 1.807) is 72.8 Å². The smallest absolute Gasteiger partial charge is 0.331 e. The molecule has 0 atom stereocenters. The molecule has 0 fully saturated rings. The van der Waals surface area contributed by atoms with Gasteiger partial charge in [0.1, 0.15) is 36.1 Å². The Morgan fingerprint density at radius 2 is 0.722 bits per heavy atom. The Morgan fingerprint density at radius 1 is 0.417 bits per heavy atom. The van der Waals surface area contributed by atoms with Crippen LogP contribution in [0.5, 0.6) is 23.0 Å². The minimum absolute atomic E-state index is 0.109. The van der Waals surface area contributed by atoms with Gasteiger partial charge in [-0.25, -0.2) is 19.6 Å². The van der Waals surface area contributed by atoms with Gasteiger partial charge in [-0.3, -0.25) is 9.59 Å². The zero-order valence-corrected chi connectivity index (χ0v) is 38.0. The Balaban J connectivity index is 1.10. The van der Waals surface area contributed by atoms with Crippen LogP contribution in [0.25, 0.3) is 90.9 Å². The molecule has 0 aliphatic carbocycles. The number of esters is 2. The highest BCUT2D eigenvalue weighted by molar-refractivity contribution is 6.00. The lowest BCUT2D eigenvalue weighted by atomic mass is 10.0. The number of aromatic nitrogens is 6. The van der Waals surface area contributed by atoms with E-state index in [9.17, 15) is 29.4 Å². The molecular formula is C58H40N6O8. The lowest BCUT2D eigenvalue weighted by molar-refractivity contribution is -0.136. The third-order valence-corrected chi connectivity index (χ3v) is 12.2. The first-order chi connectivity index (χ1) is 35.1. The van der Waals surface area contributed by atoms with Gasteiger partial charge in [0.25, 0.3) is 11.1 Å². The first kappa shape index (κ1) is 44.4. The van der Waals surface area contributed by atoms with Gasteiger partial charge in [0, 0.05) is 68.8 Å². The van der Waals surface area contributed by atoms with E-state index in [0.717, 1.165) is 66.6 Å². The highest BCUT2D eigenvalue weighted by atomic mass is 16.5. The molecule has 8 bridgehead atoms. The topological polar surface area (TPSA) is 194 Å². The van der Waals surface area contributed by atoms with Crippen molar-refractivity contribution in [1.82, 2.24) is 29.1 Å². The predicted molar refractivity (Wildman–Crippen MR) is 277 cm³/mol. The van der Waals surface area contributed by atoms with E-state index in [2.05, 4.69) is 9.97 Å². The number of hydrogen-bond donors (Lipinski definition) is 4. The quantitative estimate of drug-likeness (QED) is 0.0757. The standard InChI is InChI=1S/C58H40N6O8/c65-39-15-7-35(8-16-39)55-43-23-27-47(59-43)57(37-11-19-41(20-12-37)71-53(69)33-63-31-3-1-5-51(63)67)48-28-24-44(60-48)56(36-9-17-40(66)18-10-36)46-26-30-50(62-46)58(49-29-25-45(55)61-49)38-13-21-42(22-14-38)72-54(70)34-64-32-4-2-6-52(64)68/h1-32,59,62,65-66H,33-34H2. The Labute approximate surface area is 409 Å². The molecule has 0 saturated carbocycles. The van der Waals surface area contributed by atoms with Crippen LogP contribution in [-0.2, 0) is 22.7 Å². The number of fused-ring (bicyclic) bond motifs is 8. The first-order valence-electron chi connectivity index (χ1n) is 22.8. The molecule has 0 saturated heterocycles. The summed E-state index contributed by atoms with van der Waals surface area (Å²) in [6, 6.07) is 45.2. The van der Waals surface area contributed by atoms with Crippen molar-refractivity contribution in [3.63, 3.8) is 0 Å². The number of benzene rings is 4. The van der Waals surface area contributed by atoms with Gasteiger partial charge in [0.05, 0.1) is 22.8 Å². The molecule has 350 valence electrons. The van der Waals surface area contributed by atoms with Crippen molar-refractivity contribution in [1.29, 1.82) is 0 Å². The minimum Gasteiger partial charge on any atom is -0.508 e. The summed E-state index contributed by atoms with van der Waals surface area (Å²) in [5.41, 5.74) is 10.9. The number of aromatic hydroxyl groups is 2. The number of rotatable bonds is 10. The summed E-state index contributed by atoms with van der Waals surface area (Å²) in [5, 5.41) is 20.7. The second kappa shape index (κ2) is 18.8. The van der Waals surface area contributed by atoms with E-state index in [-0.39, 0.29) is 35.7 Å². The van der Waals surface area contributed by atoms with Crippen LogP contribution in [0.3, 0.4) is 0 Å². The molecule has 11 rings (SSSR count). The molecule has 14 heteroatoms. The number of phenolic OH excluding ortho intramolecular Hbond substituents is 2. The van der Waals surface area contributed by atoms with Crippen LogP contribution in [0.1, 0.15) is 22.8 Å². The van der Waals surface area contributed by atoms with Crippen molar-refractivity contribution in [2.75, 3.05) is 0 Å². The average Bonchev–Trinajstić information content (AvgIpc) is 4.24. The van der Waals surface area contributed by atoms with Gasteiger partial charge in [-0.15, -0.1) is 0 Å². The van der Waals surface area contributed by atoms with Gasteiger partial charge >= 0.3 is 11.9 Å². The van der Waals surface area contributed by atoms with Crippen molar-refractivity contribution in [3.05, 3.63) is 214 Å². The average molecular weight is 949 g/mol. The highest BCUT2D eigenvalue weighted by Crippen LogP contribution is 2.39. The summed E-state index contributed by atoms with van der Waals surface area (Å²) in [6.07, 6.45) is 10.8. The van der Waals surface area contributed by atoms with Crippen LogP contribution in [0.2, 0.25) is 0 Å². The Kier molecular flexibility index (Phi) is 11.6. The molecule has 7 heterocycles. The largest absolute Gasteiger partial charge is 0.508 e. The van der Waals surface area contributed by atoms with Crippen molar-refractivity contribution < 1.29 is 29.3 Å². The molecule has 9 aromatic rings. The molecular weight excluding hydrogens is 909 g/mol. The van der Waals surface area contributed by atoms with Crippen LogP contribution in [0.4, 0.5) is 0 Å². The molecule has 2 aliphatic rings. The maximum absolute atomic E-state index is 12.9. The lowest BCUT2D eigenvalue weighted by Crippen LogP contribution is -2.25. The molecule has 14 nitrogen and oxygen atoms in total. The van der Waals surface area contributed by atoms with E-state index < -0.39 is 11.9 Å². The van der Waals surface area contributed by atoms with Gasteiger partial charge in [-0.1, -0.05) is 60.7 Å². The van der Waals surface area contributed by atoms with Crippen LogP contribution in [-0.4, -0.2) is 51.2 Å². The number of nitrogens with zero attached hydrogens (tertiary/aromatic N) is 4. The second-order valence-electron chi connectivity index (χ2n) is 16.9. The van der Waals surface area contributed by atoms with Gasteiger partial charge in [-0.2, -0.15) is 0 Å². The van der Waals surface area contributed by atoms with Crippen LogP contribution in [0.15, 0.2) is 180 Å². The van der Waals surface area contributed by atoms with E-state index in [1.165, 1.54) is 33.7 Å². The predicted octanol–water partition coefficient (Wildman–Crippen LogP) is 10.3. The number of carbonyl (C=O) groups excluding carboxylic acids is 2. The summed E-state index contributed by atoms with van der Waals surface area (Å²) >= 11 is 0. The van der Waals surface area contributed by atoms with E-state index in [1.807, 2.05) is 97.1 Å². The molecule has 0 radical (unpaired) electrons. The molecule has 4 N–H and O–H groups in total. The van der Waals surface area contributed by atoms with Crippen LogP contribution < -0.4 is 20.6 Å². The molecule has 4 aromatic carbocycles. The van der Waals surface area contributed by atoms with Gasteiger partial charge < -0.3 is 38.8 Å². The maximum Gasteiger partial charge on any atom is 0.331 e. The summed E-state index contributed by atoms with van der Waals surface area (Å²) < 4.78 is 13.9. The number of carbonyl (C=O) groups is 2. The zero-order chi connectivity index (χ0) is 49.3. The summed E-state index contributed by atoms with van der Waals surface area (Å²) in [5.74, 6) is -0.390. The summed E-state index contributed by atoms with van der Waals surface area (Å²) in [7, 11) is 0. The Bertz CT molecular complexity index is 3700. The van der Waals surface area contributed by atoms with Crippen LogP contribution >= 0.6 is 0 Å². The van der Waals surface area contributed by atoms with Crippen molar-refractivity contribution in [2.24, 2.45) is 0 Å². The van der Waals surface area contributed by atoms with Crippen molar-refractivity contribution >= 4 is 58.3 Å². The monoisotopic (exact) mass is 948 g/mol. The van der Waals surface area contributed by atoms with E-state index >= 15 is 0 Å². The molecule has 0 spiro atoms. The van der Waals surface area contributed by atoms with Crippen LogP contribution in [0, 0.1) is 0 Å². The fourth-order valence-electron chi connectivity index (χ4n) is 8.84. The fraction of sp³-hybridized carbons (Fsp3) is 0.0345. The maximum atomic E-state index is 12.9. The van der Waals surface area contributed by atoms with Crippen molar-refractivity contribution in [3.8, 4) is 67.5 Å².